The maximum Gasteiger partial charge on any atom is 0.127 e. The lowest BCUT2D eigenvalue weighted by molar-refractivity contribution is -0.00874. The molecule has 4 aliphatic heterocycles. The van der Waals surface area contributed by atoms with Gasteiger partial charge in [-0.2, -0.15) is 0 Å². The van der Waals surface area contributed by atoms with E-state index in [0.717, 1.165) is 37.0 Å². The highest BCUT2D eigenvalue weighted by atomic mass is 16.5. The average Bonchev–Trinajstić information content (AvgIpc) is 3.17. The predicted octanol–water partition coefficient (Wildman–Crippen LogP) is 3.11. The van der Waals surface area contributed by atoms with Crippen LogP contribution in [0.3, 0.4) is 0 Å². The number of benzene rings is 1. The molecule has 0 N–H and O–H groups in total. The van der Waals surface area contributed by atoms with Gasteiger partial charge in [0, 0.05) is 55.5 Å². The van der Waals surface area contributed by atoms with Crippen LogP contribution >= 0.6 is 0 Å². The van der Waals surface area contributed by atoms with Gasteiger partial charge in [0.15, 0.2) is 0 Å². The van der Waals surface area contributed by atoms with Gasteiger partial charge < -0.3 is 4.74 Å². The molecule has 5 heterocycles. The first-order valence-electron chi connectivity index (χ1n) is 10.7. The molecule has 4 saturated heterocycles. The zero-order valence-electron chi connectivity index (χ0n) is 16.9. The molecule has 2 bridgehead atoms. The van der Waals surface area contributed by atoms with Crippen molar-refractivity contribution >= 4 is 0 Å². The fourth-order valence-corrected chi connectivity index (χ4v) is 5.75. The Morgan fingerprint density at radius 3 is 2.39 bits per heavy atom. The predicted molar refractivity (Wildman–Crippen MR) is 109 cm³/mol. The maximum atomic E-state index is 5.37. The van der Waals surface area contributed by atoms with Crippen LogP contribution in [0, 0.1) is 5.92 Å². The maximum absolute atomic E-state index is 5.37. The number of aryl methyl sites for hydroxylation is 1. The fraction of sp³-hybridized carbons (Fsp3) is 0.565. The zero-order chi connectivity index (χ0) is 19.1. The number of piperidine rings is 3. The third kappa shape index (κ3) is 3.11. The highest BCUT2D eigenvalue weighted by Gasteiger charge is 2.53. The molecule has 3 atom stereocenters. The molecule has 0 saturated carbocycles. The monoisotopic (exact) mass is 378 g/mol. The summed E-state index contributed by atoms with van der Waals surface area (Å²) in [4.78, 5) is 14.5. The average molecular weight is 379 g/mol. The summed E-state index contributed by atoms with van der Waals surface area (Å²) in [5.41, 5.74) is 2.69. The largest absolute Gasteiger partial charge is 0.497 e. The summed E-state index contributed by atoms with van der Waals surface area (Å²) in [7, 11) is 1.74. The number of ether oxygens (including phenoxy) is 1. The topological polar surface area (TPSA) is 41.5 Å². The van der Waals surface area contributed by atoms with Crippen LogP contribution in [0.2, 0.25) is 0 Å². The minimum atomic E-state index is 0.565. The third-order valence-corrected chi connectivity index (χ3v) is 7.10. The van der Waals surface area contributed by atoms with Crippen LogP contribution in [-0.4, -0.2) is 58.6 Å². The number of methoxy groups -OCH3 is 1. The lowest BCUT2D eigenvalue weighted by Crippen LogP contribution is -2.59. The number of hydrogen-bond donors (Lipinski definition) is 0. The van der Waals surface area contributed by atoms with Crippen LogP contribution in [0.4, 0.5) is 0 Å². The Labute approximate surface area is 167 Å². The molecule has 0 unspecified atom stereocenters. The van der Waals surface area contributed by atoms with E-state index in [1.54, 1.807) is 7.11 Å². The van der Waals surface area contributed by atoms with Crippen molar-refractivity contribution in [3.8, 4) is 5.75 Å². The van der Waals surface area contributed by atoms with Gasteiger partial charge in [0.25, 0.3) is 0 Å². The van der Waals surface area contributed by atoms with Gasteiger partial charge in [-0.3, -0.25) is 9.80 Å². The van der Waals surface area contributed by atoms with E-state index >= 15 is 0 Å². The summed E-state index contributed by atoms with van der Waals surface area (Å²) in [6, 6.07) is 10.1. The summed E-state index contributed by atoms with van der Waals surface area (Å²) in [5, 5.41) is 0. The molecule has 5 heteroatoms. The molecular formula is C23H30N4O. The Balaban J connectivity index is 1.42. The van der Waals surface area contributed by atoms with Gasteiger partial charge >= 0.3 is 0 Å². The van der Waals surface area contributed by atoms with Crippen LogP contribution in [0.15, 0.2) is 36.7 Å². The Morgan fingerprint density at radius 2 is 1.75 bits per heavy atom. The SMILES string of the molecule is CCc1ncc(CN2C[C@H](c3ccc(OC)cc3)[C@H]3[C@@H]2C2CCN3CC2)cn1. The molecule has 5 nitrogen and oxygen atoms in total. The molecule has 1 aromatic carbocycles. The third-order valence-electron chi connectivity index (χ3n) is 7.10. The molecule has 28 heavy (non-hydrogen) atoms. The summed E-state index contributed by atoms with van der Waals surface area (Å²) >= 11 is 0. The molecule has 0 spiro atoms. The van der Waals surface area contributed by atoms with Crippen LogP contribution in [0.25, 0.3) is 0 Å². The van der Waals surface area contributed by atoms with Gasteiger partial charge in [-0.25, -0.2) is 9.97 Å². The minimum Gasteiger partial charge on any atom is -0.497 e. The molecule has 148 valence electrons. The quantitative estimate of drug-likeness (QED) is 0.800. The molecule has 4 fully saturated rings. The van der Waals surface area contributed by atoms with E-state index < -0.39 is 0 Å². The smallest absolute Gasteiger partial charge is 0.127 e. The molecule has 0 radical (unpaired) electrons. The van der Waals surface area contributed by atoms with Crippen molar-refractivity contribution in [1.82, 2.24) is 19.8 Å². The lowest BCUT2D eigenvalue weighted by atomic mass is 9.75. The lowest BCUT2D eigenvalue weighted by Gasteiger charge is -2.51. The Bertz CT molecular complexity index is 798. The number of hydrogen-bond acceptors (Lipinski definition) is 5. The molecular weight excluding hydrogens is 348 g/mol. The number of likely N-dealkylation sites (tertiary alicyclic amines) is 1. The second kappa shape index (κ2) is 7.45. The molecule has 2 aromatic rings. The number of rotatable bonds is 5. The molecule has 0 aliphatic carbocycles. The minimum absolute atomic E-state index is 0.565. The van der Waals surface area contributed by atoms with Crippen LogP contribution in [-0.2, 0) is 13.0 Å². The summed E-state index contributed by atoms with van der Waals surface area (Å²) in [6.07, 6.45) is 7.65. The summed E-state index contributed by atoms with van der Waals surface area (Å²) < 4.78 is 5.37. The second-order valence-corrected chi connectivity index (χ2v) is 8.52. The van der Waals surface area contributed by atoms with Gasteiger partial charge in [-0.05, 0) is 49.5 Å². The first kappa shape index (κ1) is 18.1. The van der Waals surface area contributed by atoms with Crippen LogP contribution in [0.5, 0.6) is 5.75 Å². The number of nitrogens with zero attached hydrogens (tertiary/aromatic N) is 4. The van der Waals surface area contributed by atoms with Gasteiger partial charge in [-0.15, -0.1) is 0 Å². The van der Waals surface area contributed by atoms with E-state index in [4.69, 9.17) is 4.74 Å². The summed E-state index contributed by atoms with van der Waals surface area (Å²) in [5.74, 6) is 3.26. The normalized spacial score (nSPS) is 31.7. The number of aromatic nitrogens is 2. The van der Waals surface area contributed by atoms with Crippen molar-refractivity contribution in [3.63, 3.8) is 0 Å². The van der Waals surface area contributed by atoms with Crippen molar-refractivity contribution in [2.24, 2.45) is 5.92 Å². The van der Waals surface area contributed by atoms with E-state index in [1.165, 1.54) is 37.1 Å². The molecule has 0 amide bonds. The van der Waals surface area contributed by atoms with Crippen molar-refractivity contribution in [3.05, 3.63) is 53.6 Å². The van der Waals surface area contributed by atoms with Crippen LogP contribution < -0.4 is 4.74 Å². The van der Waals surface area contributed by atoms with E-state index in [1.807, 2.05) is 12.4 Å². The van der Waals surface area contributed by atoms with Crippen molar-refractivity contribution in [2.45, 2.75) is 50.7 Å². The van der Waals surface area contributed by atoms with Crippen molar-refractivity contribution in [1.29, 1.82) is 0 Å². The van der Waals surface area contributed by atoms with Gasteiger partial charge in [-0.1, -0.05) is 19.1 Å². The van der Waals surface area contributed by atoms with Crippen LogP contribution in [0.1, 0.15) is 42.6 Å². The van der Waals surface area contributed by atoms with Crippen molar-refractivity contribution in [2.75, 3.05) is 26.7 Å². The van der Waals surface area contributed by atoms with Crippen molar-refractivity contribution < 1.29 is 4.74 Å². The first-order valence-corrected chi connectivity index (χ1v) is 10.7. The molecule has 4 aliphatic rings. The van der Waals surface area contributed by atoms with E-state index in [0.29, 0.717) is 18.0 Å². The number of fused-ring (bicyclic) bond motifs is 2. The first-order chi connectivity index (χ1) is 13.8. The molecule has 1 aromatic heterocycles. The molecule has 6 rings (SSSR count). The van der Waals surface area contributed by atoms with Gasteiger partial charge in [0.05, 0.1) is 7.11 Å². The van der Waals surface area contributed by atoms with E-state index in [-0.39, 0.29) is 0 Å². The Morgan fingerprint density at radius 1 is 1.04 bits per heavy atom. The zero-order valence-corrected chi connectivity index (χ0v) is 16.9. The summed E-state index contributed by atoms with van der Waals surface area (Å²) in [6.45, 7) is 6.71. The Kier molecular flexibility index (Phi) is 4.81. The van der Waals surface area contributed by atoms with Gasteiger partial charge in [0.2, 0.25) is 0 Å². The van der Waals surface area contributed by atoms with E-state index in [2.05, 4.69) is 51.0 Å². The Hall–Kier alpha value is -1.98. The highest BCUT2D eigenvalue weighted by molar-refractivity contribution is 5.33. The highest BCUT2D eigenvalue weighted by Crippen LogP contribution is 2.47. The second-order valence-electron chi connectivity index (χ2n) is 8.52. The van der Waals surface area contributed by atoms with Gasteiger partial charge in [0.1, 0.15) is 11.6 Å². The fourth-order valence-electron chi connectivity index (χ4n) is 5.75. The standard InChI is InChI=1S/C23H30N4O/c1-3-21-24-12-16(13-25-21)14-27-15-20(17-4-6-19(28-2)7-5-17)23-22(27)18-8-10-26(23)11-9-18/h4-7,12-13,18,20,22-23H,3,8-11,14-15H2,1-2H3/t20-,22+,23+/m1/s1. The van der Waals surface area contributed by atoms with E-state index in [9.17, 15) is 0 Å².